The van der Waals surface area contributed by atoms with Gasteiger partial charge >= 0.3 is 5.97 Å². The summed E-state index contributed by atoms with van der Waals surface area (Å²) in [4.78, 5) is 22.7. The number of likely N-dealkylation sites (tertiary alicyclic amines) is 1. The van der Waals surface area contributed by atoms with E-state index in [0.717, 1.165) is 0 Å². The van der Waals surface area contributed by atoms with Gasteiger partial charge in [-0.2, -0.15) is 0 Å². The molecule has 1 saturated heterocycles. The van der Waals surface area contributed by atoms with Crippen molar-refractivity contribution in [1.82, 2.24) is 4.90 Å². The maximum atomic E-state index is 10.8. The monoisotopic (exact) mass is 157 g/mol. The van der Waals surface area contributed by atoms with E-state index in [2.05, 4.69) is 0 Å². The van der Waals surface area contributed by atoms with Crippen molar-refractivity contribution >= 4 is 11.9 Å². The highest BCUT2D eigenvalue weighted by atomic mass is 16.4. The van der Waals surface area contributed by atoms with Gasteiger partial charge in [0.2, 0.25) is 5.91 Å². The van der Waals surface area contributed by atoms with Crippen molar-refractivity contribution in [3.63, 3.8) is 0 Å². The molecule has 0 saturated carbocycles. The zero-order valence-electron chi connectivity index (χ0n) is 6.57. The van der Waals surface area contributed by atoms with Crippen LogP contribution < -0.4 is 0 Å². The minimum absolute atomic E-state index is 0.0913. The molecular formula is C7H11NO3. The molecule has 2 unspecified atom stereocenters. The Bertz CT molecular complexity index is 202. The van der Waals surface area contributed by atoms with Crippen LogP contribution in [0.3, 0.4) is 0 Å². The van der Waals surface area contributed by atoms with E-state index in [1.165, 1.54) is 11.8 Å². The van der Waals surface area contributed by atoms with Crippen LogP contribution in [0.15, 0.2) is 0 Å². The largest absolute Gasteiger partial charge is 0.480 e. The maximum absolute atomic E-state index is 10.8. The van der Waals surface area contributed by atoms with E-state index >= 15 is 0 Å². The van der Waals surface area contributed by atoms with Crippen molar-refractivity contribution in [3.8, 4) is 0 Å². The Balaban J connectivity index is 2.62. The summed E-state index contributed by atoms with van der Waals surface area (Å²) in [5.74, 6) is -1.06. The Kier molecular flexibility index (Phi) is 1.85. The average molecular weight is 157 g/mol. The normalized spacial score (nSPS) is 29.5. The van der Waals surface area contributed by atoms with Crippen LogP contribution in [0.2, 0.25) is 0 Å². The number of carbonyl (C=O) groups excluding carboxylic acids is 1. The molecule has 62 valence electrons. The number of carboxylic acid groups (broad SMARTS) is 1. The molecule has 0 aliphatic carbocycles. The van der Waals surface area contributed by atoms with Gasteiger partial charge in [0.1, 0.15) is 6.04 Å². The number of nitrogens with zero attached hydrogens (tertiary/aromatic N) is 1. The highest BCUT2D eigenvalue weighted by molar-refractivity contribution is 5.84. The van der Waals surface area contributed by atoms with E-state index in [1.807, 2.05) is 6.92 Å². The third kappa shape index (κ3) is 1.20. The molecule has 0 bridgehead atoms. The van der Waals surface area contributed by atoms with E-state index in [9.17, 15) is 9.59 Å². The zero-order valence-corrected chi connectivity index (χ0v) is 6.57. The van der Waals surface area contributed by atoms with Crippen molar-refractivity contribution in [2.24, 2.45) is 0 Å². The second-order valence-electron chi connectivity index (χ2n) is 2.87. The Hall–Kier alpha value is -1.06. The zero-order chi connectivity index (χ0) is 8.59. The standard InChI is InChI=1S/C7H11NO3/c1-4-3-6(7(10)11)8(4)5(2)9/h4,6H,3H2,1-2H3,(H,10,11). The molecule has 1 fully saturated rings. The van der Waals surface area contributed by atoms with Crippen LogP contribution in [0.25, 0.3) is 0 Å². The molecule has 1 heterocycles. The topological polar surface area (TPSA) is 57.6 Å². The van der Waals surface area contributed by atoms with Crippen LogP contribution in [0, 0.1) is 0 Å². The van der Waals surface area contributed by atoms with Gasteiger partial charge in [-0.1, -0.05) is 0 Å². The van der Waals surface area contributed by atoms with Crippen molar-refractivity contribution < 1.29 is 14.7 Å². The summed E-state index contributed by atoms with van der Waals surface area (Å²) in [5, 5.41) is 8.58. The molecule has 2 atom stereocenters. The van der Waals surface area contributed by atoms with E-state index in [-0.39, 0.29) is 11.9 Å². The smallest absolute Gasteiger partial charge is 0.326 e. The Morgan fingerprint density at radius 1 is 1.55 bits per heavy atom. The summed E-state index contributed by atoms with van der Waals surface area (Å²) in [6, 6.07) is -0.490. The molecule has 1 N–H and O–H groups in total. The number of carbonyl (C=O) groups is 2. The molecule has 0 aromatic carbocycles. The molecule has 0 spiro atoms. The minimum atomic E-state index is -0.904. The maximum Gasteiger partial charge on any atom is 0.326 e. The van der Waals surface area contributed by atoms with Gasteiger partial charge in [-0.05, 0) is 13.3 Å². The van der Waals surface area contributed by atoms with Crippen LogP contribution in [-0.4, -0.2) is 34.0 Å². The summed E-state index contributed by atoms with van der Waals surface area (Å²) < 4.78 is 0. The number of amides is 1. The molecule has 1 aliphatic heterocycles. The summed E-state index contributed by atoms with van der Waals surface area (Å²) >= 11 is 0. The molecule has 0 radical (unpaired) electrons. The second kappa shape index (κ2) is 2.53. The average Bonchev–Trinajstić information content (AvgIpc) is 1.80. The van der Waals surface area contributed by atoms with E-state index in [1.54, 1.807) is 0 Å². The van der Waals surface area contributed by atoms with Crippen molar-refractivity contribution in [2.75, 3.05) is 0 Å². The van der Waals surface area contributed by atoms with Gasteiger partial charge in [0.25, 0.3) is 0 Å². The lowest BCUT2D eigenvalue weighted by molar-refractivity contribution is -0.160. The van der Waals surface area contributed by atoms with Crippen LogP contribution >= 0.6 is 0 Å². The highest BCUT2D eigenvalue weighted by Crippen LogP contribution is 2.25. The van der Waals surface area contributed by atoms with Gasteiger partial charge in [0.05, 0.1) is 0 Å². The van der Waals surface area contributed by atoms with Crippen LogP contribution in [-0.2, 0) is 9.59 Å². The van der Waals surface area contributed by atoms with Gasteiger partial charge in [-0.3, -0.25) is 4.79 Å². The lowest BCUT2D eigenvalue weighted by Crippen LogP contribution is -2.59. The molecule has 1 rings (SSSR count). The first-order chi connectivity index (χ1) is 5.04. The molecule has 4 heteroatoms. The SMILES string of the molecule is CC(=O)N1C(C)CC1C(=O)O. The van der Waals surface area contributed by atoms with Gasteiger partial charge in [-0.25, -0.2) is 4.79 Å². The van der Waals surface area contributed by atoms with Crippen molar-refractivity contribution in [1.29, 1.82) is 0 Å². The number of hydrogen-bond acceptors (Lipinski definition) is 2. The molecule has 1 aliphatic rings. The predicted molar refractivity (Wildman–Crippen MR) is 38.0 cm³/mol. The van der Waals surface area contributed by atoms with Crippen molar-refractivity contribution in [3.05, 3.63) is 0 Å². The molecule has 0 aromatic rings. The predicted octanol–water partition coefficient (Wildman–Crippen LogP) is 0.0803. The van der Waals surface area contributed by atoms with Gasteiger partial charge < -0.3 is 10.0 Å². The fourth-order valence-electron chi connectivity index (χ4n) is 1.47. The van der Waals surface area contributed by atoms with Gasteiger partial charge in [0, 0.05) is 13.0 Å². The first-order valence-electron chi connectivity index (χ1n) is 3.55. The van der Waals surface area contributed by atoms with E-state index < -0.39 is 12.0 Å². The van der Waals surface area contributed by atoms with Crippen LogP contribution in [0.5, 0.6) is 0 Å². The van der Waals surface area contributed by atoms with E-state index in [0.29, 0.717) is 6.42 Å². The highest BCUT2D eigenvalue weighted by Gasteiger charge is 2.41. The molecular weight excluding hydrogens is 146 g/mol. The third-order valence-electron chi connectivity index (χ3n) is 2.02. The number of hydrogen-bond donors (Lipinski definition) is 1. The summed E-state index contributed by atoms with van der Waals surface area (Å²) in [6.07, 6.45) is 0.578. The van der Waals surface area contributed by atoms with E-state index in [4.69, 9.17) is 5.11 Å². The Morgan fingerprint density at radius 3 is 2.27 bits per heavy atom. The number of carboxylic acids is 1. The summed E-state index contributed by atoms with van der Waals surface area (Å²) in [6.45, 7) is 3.24. The summed E-state index contributed by atoms with van der Waals surface area (Å²) in [5.41, 5.74) is 0. The van der Waals surface area contributed by atoms with Crippen LogP contribution in [0.4, 0.5) is 0 Å². The fraction of sp³-hybridized carbons (Fsp3) is 0.714. The van der Waals surface area contributed by atoms with Crippen LogP contribution in [0.1, 0.15) is 20.3 Å². The molecule has 11 heavy (non-hydrogen) atoms. The Morgan fingerprint density at radius 2 is 2.09 bits per heavy atom. The molecule has 1 amide bonds. The quantitative estimate of drug-likeness (QED) is 0.586. The van der Waals surface area contributed by atoms with Gasteiger partial charge in [-0.15, -0.1) is 0 Å². The fourth-order valence-corrected chi connectivity index (χ4v) is 1.47. The minimum Gasteiger partial charge on any atom is -0.480 e. The van der Waals surface area contributed by atoms with Crippen molar-refractivity contribution in [2.45, 2.75) is 32.4 Å². The Labute approximate surface area is 64.8 Å². The number of rotatable bonds is 1. The molecule has 4 nitrogen and oxygen atoms in total. The third-order valence-corrected chi connectivity index (χ3v) is 2.02. The van der Waals surface area contributed by atoms with Gasteiger partial charge in [0.15, 0.2) is 0 Å². The molecule has 0 aromatic heterocycles. The first kappa shape index (κ1) is 8.04. The lowest BCUT2D eigenvalue weighted by atomic mass is 9.94. The lowest BCUT2D eigenvalue weighted by Gasteiger charge is -2.43. The summed E-state index contributed by atoms with van der Waals surface area (Å²) in [7, 11) is 0. The first-order valence-corrected chi connectivity index (χ1v) is 3.55. The second-order valence-corrected chi connectivity index (χ2v) is 2.87. The number of aliphatic carboxylic acids is 1.